The molecule has 0 amide bonds. The third-order valence-corrected chi connectivity index (χ3v) is 3.41. The molecular formula is C15H14ClFN4. The molecule has 0 unspecified atom stereocenters. The van der Waals surface area contributed by atoms with Gasteiger partial charge in [-0.25, -0.2) is 4.39 Å². The maximum Gasteiger partial charge on any atom is 0.169 e. The zero-order chi connectivity index (χ0) is 15.4. The standard InChI is InChI=1S/C15H14ClFN4/c16-13-11(19)9-12(20)15(14(13)17)21(8-4-7-18)10-5-2-1-3-6-10/h1-3,5-6,9H,4,8,19-20H2. The number of nitrogens with two attached hydrogens (primary N) is 2. The minimum Gasteiger partial charge on any atom is -0.397 e. The molecule has 4 N–H and O–H groups in total. The van der Waals surface area contributed by atoms with Gasteiger partial charge in [0, 0.05) is 12.2 Å². The van der Waals surface area contributed by atoms with Crippen LogP contribution in [-0.2, 0) is 0 Å². The molecule has 6 heteroatoms. The summed E-state index contributed by atoms with van der Waals surface area (Å²) in [6, 6.07) is 12.6. The van der Waals surface area contributed by atoms with E-state index in [-0.39, 0.29) is 28.5 Å². The van der Waals surface area contributed by atoms with Crippen molar-refractivity contribution in [3.05, 3.63) is 47.2 Å². The van der Waals surface area contributed by atoms with E-state index in [9.17, 15) is 4.39 Å². The van der Waals surface area contributed by atoms with Gasteiger partial charge in [-0.3, -0.25) is 0 Å². The molecule has 0 aliphatic heterocycles. The van der Waals surface area contributed by atoms with E-state index in [1.54, 1.807) is 17.0 Å². The monoisotopic (exact) mass is 304 g/mol. The number of halogens is 2. The summed E-state index contributed by atoms with van der Waals surface area (Å²) in [6.45, 7) is 0.294. The van der Waals surface area contributed by atoms with Crippen molar-refractivity contribution >= 4 is 34.4 Å². The fraction of sp³-hybridized carbons (Fsp3) is 0.133. The highest BCUT2D eigenvalue weighted by molar-refractivity contribution is 6.33. The Labute approximate surface area is 127 Å². The maximum absolute atomic E-state index is 14.5. The molecule has 0 fully saturated rings. The van der Waals surface area contributed by atoms with Crippen LogP contribution in [0, 0.1) is 17.1 Å². The first-order chi connectivity index (χ1) is 10.1. The van der Waals surface area contributed by atoms with Gasteiger partial charge in [0.05, 0.1) is 23.9 Å². The molecule has 0 spiro atoms. The predicted molar refractivity (Wildman–Crippen MR) is 83.9 cm³/mol. The molecule has 2 aromatic rings. The Hall–Kier alpha value is -2.45. The number of nitriles is 1. The molecule has 2 aromatic carbocycles. The Morgan fingerprint density at radius 1 is 1.19 bits per heavy atom. The Kier molecular flexibility index (Phi) is 4.51. The largest absolute Gasteiger partial charge is 0.397 e. The first-order valence-electron chi connectivity index (χ1n) is 6.28. The predicted octanol–water partition coefficient (Wildman–Crippen LogP) is 3.70. The molecule has 0 atom stereocenters. The number of rotatable bonds is 4. The molecular weight excluding hydrogens is 291 g/mol. The van der Waals surface area contributed by atoms with Gasteiger partial charge in [0.2, 0.25) is 0 Å². The van der Waals surface area contributed by atoms with Gasteiger partial charge in [-0.1, -0.05) is 29.8 Å². The Morgan fingerprint density at radius 2 is 1.86 bits per heavy atom. The summed E-state index contributed by atoms with van der Waals surface area (Å²) < 4.78 is 14.5. The van der Waals surface area contributed by atoms with E-state index in [4.69, 9.17) is 28.3 Å². The fourth-order valence-electron chi connectivity index (χ4n) is 2.07. The van der Waals surface area contributed by atoms with Crippen molar-refractivity contribution < 1.29 is 4.39 Å². The number of anilines is 4. The van der Waals surface area contributed by atoms with Crippen LogP contribution in [-0.4, -0.2) is 6.54 Å². The fourth-order valence-corrected chi connectivity index (χ4v) is 2.21. The van der Waals surface area contributed by atoms with Gasteiger partial charge in [0.15, 0.2) is 5.82 Å². The number of benzene rings is 2. The zero-order valence-corrected chi connectivity index (χ0v) is 11.9. The van der Waals surface area contributed by atoms with Gasteiger partial charge in [0.1, 0.15) is 10.7 Å². The average Bonchev–Trinajstić information content (AvgIpc) is 2.49. The number of hydrogen-bond acceptors (Lipinski definition) is 4. The lowest BCUT2D eigenvalue weighted by atomic mass is 10.1. The molecule has 21 heavy (non-hydrogen) atoms. The van der Waals surface area contributed by atoms with Crippen LogP contribution in [0.15, 0.2) is 36.4 Å². The molecule has 0 aliphatic carbocycles. The number of nitrogen functional groups attached to an aromatic ring is 2. The van der Waals surface area contributed by atoms with Gasteiger partial charge in [0.25, 0.3) is 0 Å². The van der Waals surface area contributed by atoms with Crippen molar-refractivity contribution in [2.45, 2.75) is 6.42 Å². The molecule has 4 nitrogen and oxygen atoms in total. The molecule has 2 rings (SSSR count). The second-order valence-corrected chi connectivity index (χ2v) is 4.80. The van der Waals surface area contributed by atoms with Crippen LogP contribution >= 0.6 is 11.6 Å². The van der Waals surface area contributed by atoms with E-state index in [1.807, 2.05) is 24.3 Å². The van der Waals surface area contributed by atoms with Crippen molar-refractivity contribution in [1.82, 2.24) is 0 Å². The van der Waals surface area contributed by atoms with E-state index in [0.717, 1.165) is 5.69 Å². The lowest BCUT2D eigenvalue weighted by molar-refractivity contribution is 0.626. The highest BCUT2D eigenvalue weighted by Gasteiger charge is 2.21. The number of nitrogens with zero attached hydrogens (tertiary/aromatic N) is 2. The average molecular weight is 305 g/mol. The topological polar surface area (TPSA) is 79.1 Å². The second-order valence-electron chi connectivity index (χ2n) is 4.43. The molecule has 0 saturated carbocycles. The molecule has 0 radical (unpaired) electrons. The smallest absolute Gasteiger partial charge is 0.169 e. The van der Waals surface area contributed by atoms with Crippen molar-refractivity contribution in [2.75, 3.05) is 22.9 Å². The van der Waals surface area contributed by atoms with Gasteiger partial charge < -0.3 is 16.4 Å². The van der Waals surface area contributed by atoms with Crippen LogP contribution in [0.25, 0.3) is 0 Å². The van der Waals surface area contributed by atoms with E-state index in [1.165, 1.54) is 6.07 Å². The summed E-state index contributed by atoms with van der Waals surface area (Å²) in [5.74, 6) is -0.684. The first-order valence-corrected chi connectivity index (χ1v) is 6.66. The molecule has 108 valence electrons. The van der Waals surface area contributed by atoms with Crippen LogP contribution in [0.5, 0.6) is 0 Å². The summed E-state index contributed by atoms with van der Waals surface area (Å²) >= 11 is 5.87. The first kappa shape index (κ1) is 14.9. The minimum atomic E-state index is -0.684. The molecule has 0 saturated heterocycles. The lowest BCUT2D eigenvalue weighted by Gasteiger charge is -2.26. The zero-order valence-electron chi connectivity index (χ0n) is 11.2. The quantitative estimate of drug-likeness (QED) is 0.844. The van der Waals surface area contributed by atoms with Gasteiger partial charge >= 0.3 is 0 Å². The summed E-state index contributed by atoms with van der Waals surface area (Å²) in [4.78, 5) is 1.62. The Balaban J connectivity index is 2.57. The third kappa shape index (κ3) is 3.01. The summed E-state index contributed by atoms with van der Waals surface area (Å²) in [5.41, 5.74) is 12.6. The van der Waals surface area contributed by atoms with Crippen molar-refractivity contribution in [1.29, 1.82) is 5.26 Å². The lowest BCUT2D eigenvalue weighted by Crippen LogP contribution is -2.21. The third-order valence-electron chi connectivity index (χ3n) is 3.02. The Bertz CT molecular complexity index is 682. The van der Waals surface area contributed by atoms with E-state index in [2.05, 4.69) is 0 Å². The molecule has 0 bridgehead atoms. The van der Waals surface area contributed by atoms with Crippen LogP contribution in [0.1, 0.15) is 6.42 Å². The maximum atomic E-state index is 14.5. The van der Waals surface area contributed by atoms with Gasteiger partial charge in [-0.2, -0.15) is 5.26 Å². The number of para-hydroxylation sites is 1. The summed E-state index contributed by atoms with van der Waals surface area (Å²) in [5, 5.41) is 8.63. The molecule has 0 aromatic heterocycles. The summed E-state index contributed by atoms with van der Waals surface area (Å²) in [6.07, 6.45) is 0.218. The minimum absolute atomic E-state index is 0.0868. The van der Waals surface area contributed by atoms with E-state index in [0.29, 0.717) is 6.54 Å². The van der Waals surface area contributed by atoms with E-state index < -0.39 is 5.82 Å². The van der Waals surface area contributed by atoms with Crippen LogP contribution in [0.2, 0.25) is 5.02 Å². The van der Waals surface area contributed by atoms with Crippen molar-refractivity contribution in [3.63, 3.8) is 0 Å². The van der Waals surface area contributed by atoms with Gasteiger partial charge in [-0.05, 0) is 18.2 Å². The van der Waals surface area contributed by atoms with Crippen molar-refractivity contribution in [3.8, 4) is 6.07 Å². The number of hydrogen-bond donors (Lipinski definition) is 2. The highest BCUT2D eigenvalue weighted by atomic mass is 35.5. The second kappa shape index (κ2) is 6.33. The van der Waals surface area contributed by atoms with Crippen LogP contribution in [0.3, 0.4) is 0 Å². The molecule has 0 aliphatic rings. The van der Waals surface area contributed by atoms with E-state index >= 15 is 0 Å². The van der Waals surface area contributed by atoms with Crippen molar-refractivity contribution in [2.24, 2.45) is 0 Å². The van der Waals surface area contributed by atoms with Crippen LogP contribution in [0.4, 0.5) is 27.1 Å². The SMILES string of the molecule is N#CCCN(c1ccccc1)c1c(N)cc(N)c(Cl)c1F. The highest BCUT2D eigenvalue weighted by Crippen LogP contribution is 2.39. The van der Waals surface area contributed by atoms with Crippen LogP contribution < -0.4 is 16.4 Å². The summed E-state index contributed by atoms with van der Waals surface area (Å²) in [7, 11) is 0. The Morgan fingerprint density at radius 3 is 2.48 bits per heavy atom. The normalized spacial score (nSPS) is 10.1. The van der Waals surface area contributed by atoms with Gasteiger partial charge in [-0.15, -0.1) is 0 Å². The molecule has 0 heterocycles.